The van der Waals surface area contributed by atoms with Crippen molar-refractivity contribution < 1.29 is 32.5 Å². The topological polar surface area (TPSA) is 114 Å². The SMILES string of the molecule is [C-]#[N+]c1cc(OCC)c(O[C@H]2CN(S(=O)(=O)c3ccc(Cl)cn3)C[C@]2(O)CO)cc1F. The number of aliphatic hydroxyl groups excluding tert-OH is 1. The van der Waals surface area contributed by atoms with E-state index in [1.165, 1.54) is 18.3 Å². The van der Waals surface area contributed by atoms with Gasteiger partial charge in [-0.05, 0) is 25.1 Å². The first-order chi connectivity index (χ1) is 14.6. The number of sulfonamides is 1. The normalized spacial score (nSPS) is 21.6. The predicted molar refractivity (Wildman–Crippen MR) is 108 cm³/mol. The molecule has 3 rings (SSSR count). The van der Waals surface area contributed by atoms with Crippen LogP contribution >= 0.6 is 11.6 Å². The quantitative estimate of drug-likeness (QED) is 0.594. The Balaban J connectivity index is 1.93. The lowest BCUT2D eigenvalue weighted by atomic mass is 10.0. The van der Waals surface area contributed by atoms with Gasteiger partial charge in [0.15, 0.2) is 16.5 Å². The Hall–Kier alpha value is -2.49. The Kier molecular flexibility index (Phi) is 6.68. The van der Waals surface area contributed by atoms with Gasteiger partial charge in [-0.25, -0.2) is 22.6 Å². The molecule has 31 heavy (non-hydrogen) atoms. The second-order valence-electron chi connectivity index (χ2n) is 6.78. The van der Waals surface area contributed by atoms with E-state index in [2.05, 4.69) is 9.83 Å². The zero-order chi connectivity index (χ0) is 22.8. The summed E-state index contributed by atoms with van der Waals surface area (Å²) in [6.07, 6.45) is -0.0794. The van der Waals surface area contributed by atoms with E-state index < -0.39 is 40.7 Å². The van der Waals surface area contributed by atoms with Gasteiger partial charge < -0.3 is 19.7 Å². The standard InChI is InChI=1S/C19H19ClFN3O6S/c1-3-29-15-7-14(22-2)13(21)6-16(15)30-17-9-24(10-19(17,26)11-25)31(27,28)18-5-4-12(20)8-23-18/h4-8,17,25-26H,3,9-11H2,1H3/t17-,19-/m0/s1. The van der Waals surface area contributed by atoms with Crippen LogP contribution in [-0.4, -0.2) is 65.9 Å². The van der Waals surface area contributed by atoms with Gasteiger partial charge in [0.1, 0.15) is 17.5 Å². The maximum atomic E-state index is 14.2. The fourth-order valence-corrected chi connectivity index (χ4v) is 4.61. The van der Waals surface area contributed by atoms with Crippen LogP contribution in [0.25, 0.3) is 4.85 Å². The average molecular weight is 472 g/mol. The van der Waals surface area contributed by atoms with E-state index >= 15 is 0 Å². The van der Waals surface area contributed by atoms with Crippen LogP contribution in [0.4, 0.5) is 10.1 Å². The molecule has 0 aliphatic carbocycles. The first-order valence-electron chi connectivity index (χ1n) is 9.10. The Labute approximate surface area is 183 Å². The van der Waals surface area contributed by atoms with Crippen LogP contribution in [0, 0.1) is 12.4 Å². The molecule has 0 unspecified atom stereocenters. The van der Waals surface area contributed by atoms with Crippen LogP contribution in [0.5, 0.6) is 11.5 Å². The van der Waals surface area contributed by atoms with Crippen molar-refractivity contribution in [2.75, 3.05) is 26.3 Å². The molecule has 166 valence electrons. The molecule has 2 atom stereocenters. The molecular weight excluding hydrogens is 453 g/mol. The van der Waals surface area contributed by atoms with Gasteiger partial charge in [0, 0.05) is 18.8 Å². The number of benzene rings is 1. The summed E-state index contributed by atoms with van der Waals surface area (Å²) in [6.45, 7) is 7.25. The van der Waals surface area contributed by atoms with Crippen LogP contribution in [0.3, 0.4) is 0 Å². The van der Waals surface area contributed by atoms with Crippen LogP contribution < -0.4 is 9.47 Å². The summed E-state index contributed by atoms with van der Waals surface area (Å²) in [4.78, 5) is 6.86. The van der Waals surface area contributed by atoms with Gasteiger partial charge in [-0.3, -0.25) is 0 Å². The third-order valence-corrected chi connectivity index (χ3v) is 6.65. The fraction of sp³-hybridized carbons (Fsp3) is 0.368. The smallest absolute Gasteiger partial charge is 0.260 e. The van der Waals surface area contributed by atoms with Crippen molar-refractivity contribution in [3.63, 3.8) is 0 Å². The molecule has 0 amide bonds. The van der Waals surface area contributed by atoms with Crippen molar-refractivity contribution in [1.29, 1.82) is 0 Å². The minimum Gasteiger partial charge on any atom is -0.491 e. The number of hydrogen-bond donors (Lipinski definition) is 2. The molecule has 0 bridgehead atoms. The van der Waals surface area contributed by atoms with Gasteiger partial charge in [0.2, 0.25) is 5.69 Å². The third-order valence-electron chi connectivity index (χ3n) is 4.70. The van der Waals surface area contributed by atoms with Gasteiger partial charge in [-0.15, -0.1) is 0 Å². The number of rotatable bonds is 7. The summed E-state index contributed by atoms with van der Waals surface area (Å²) in [5, 5.41) is 20.5. The van der Waals surface area contributed by atoms with Crippen molar-refractivity contribution in [2.24, 2.45) is 0 Å². The van der Waals surface area contributed by atoms with E-state index in [1.54, 1.807) is 6.92 Å². The van der Waals surface area contributed by atoms with Crippen molar-refractivity contribution in [1.82, 2.24) is 9.29 Å². The Morgan fingerprint density at radius 1 is 1.42 bits per heavy atom. The number of β-amino-alcohol motifs (C(OH)–C–C–N with tert-alkyl or cyclic N) is 1. The molecule has 1 aliphatic rings. The van der Waals surface area contributed by atoms with Gasteiger partial charge in [0.05, 0.1) is 31.4 Å². The highest BCUT2D eigenvalue weighted by molar-refractivity contribution is 7.89. The fourth-order valence-electron chi connectivity index (χ4n) is 3.08. The van der Waals surface area contributed by atoms with Crippen LogP contribution in [0.2, 0.25) is 5.02 Å². The van der Waals surface area contributed by atoms with Crippen LogP contribution in [-0.2, 0) is 10.0 Å². The predicted octanol–water partition coefficient (Wildman–Crippen LogP) is 2.00. The van der Waals surface area contributed by atoms with Gasteiger partial charge in [-0.2, -0.15) is 4.31 Å². The molecule has 0 saturated carbocycles. The molecule has 0 spiro atoms. The minimum absolute atomic E-state index is 0.0517. The second kappa shape index (κ2) is 8.94. The Morgan fingerprint density at radius 2 is 2.16 bits per heavy atom. The van der Waals surface area contributed by atoms with Gasteiger partial charge >= 0.3 is 0 Å². The lowest BCUT2D eigenvalue weighted by Gasteiger charge is -2.27. The number of nitrogens with zero attached hydrogens (tertiary/aromatic N) is 3. The van der Waals surface area contributed by atoms with Gasteiger partial charge in [0.25, 0.3) is 10.0 Å². The van der Waals surface area contributed by atoms with Gasteiger partial charge in [-0.1, -0.05) is 11.6 Å². The van der Waals surface area contributed by atoms with Crippen LogP contribution in [0.15, 0.2) is 35.5 Å². The van der Waals surface area contributed by atoms with Crippen molar-refractivity contribution in [3.8, 4) is 11.5 Å². The Bertz CT molecular complexity index is 1110. The summed E-state index contributed by atoms with van der Waals surface area (Å²) in [6, 6.07) is 4.66. The third kappa shape index (κ3) is 4.58. The molecule has 2 heterocycles. The highest BCUT2D eigenvalue weighted by atomic mass is 35.5. The maximum Gasteiger partial charge on any atom is 0.260 e. The van der Waals surface area contributed by atoms with E-state index in [0.29, 0.717) is 0 Å². The lowest BCUT2D eigenvalue weighted by Crippen LogP contribution is -2.48. The molecule has 1 aliphatic heterocycles. The summed E-state index contributed by atoms with van der Waals surface area (Å²) in [7, 11) is -4.13. The highest BCUT2D eigenvalue weighted by Gasteiger charge is 2.51. The minimum atomic E-state index is -4.13. The first-order valence-corrected chi connectivity index (χ1v) is 10.9. The molecule has 2 aromatic rings. The number of pyridine rings is 1. The molecule has 1 aromatic heterocycles. The molecule has 12 heteroatoms. The zero-order valence-corrected chi connectivity index (χ0v) is 17.9. The summed E-state index contributed by atoms with van der Waals surface area (Å²) in [5.74, 6) is -0.947. The first kappa shape index (κ1) is 23.2. The number of aliphatic hydroxyl groups is 2. The molecule has 1 fully saturated rings. The number of halogens is 2. The molecule has 9 nitrogen and oxygen atoms in total. The van der Waals surface area contributed by atoms with Crippen LogP contribution in [0.1, 0.15) is 6.92 Å². The van der Waals surface area contributed by atoms with E-state index in [-0.39, 0.29) is 40.4 Å². The molecule has 0 radical (unpaired) electrons. The van der Waals surface area contributed by atoms with E-state index in [0.717, 1.165) is 16.4 Å². The number of hydrogen-bond acceptors (Lipinski definition) is 7. The number of aromatic nitrogens is 1. The largest absolute Gasteiger partial charge is 0.491 e. The Morgan fingerprint density at radius 3 is 2.74 bits per heavy atom. The van der Waals surface area contributed by atoms with E-state index in [1.807, 2.05) is 0 Å². The summed E-state index contributed by atoms with van der Waals surface area (Å²) < 4.78 is 52.0. The second-order valence-corrected chi connectivity index (χ2v) is 9.10. The summed E-state index contributed by atoms with van der Waals surface area (Å²) in [5.41, 5.74) is -2.25. The monoisotopic (exact) mass is 471 g/mol. The molecule has 2 N–H and O–H groups in total. The van der Waals surface area contributed by atoms with Crippen molar-refractivity contribution >= 4 is 27.3 Å². The van der Waals surface area contributed by atoms with Crippen molar-refractivity contribution in [3.05, 3.63) is 52.7 Å². The average Bonchev–Trinajstić information content (AvgIpc) is 3.08. The van der Waals surface area contributed by atoms with E-state index in [4.69, 9.17) is 27.6 Å². The maximum absolute atomic E-state index is 14.2. The molecule has 1 saturated heterocycles. The molecule has 1 aromatic carbocycles. The highest BCUT2D eigenvalue weighted by Crippen LogP contribution is 2.38. The molecular formula is C19H19ClFN3O6S. The summed E-state index contributed by atoms with van der Waals surface area (Å²) >= 11 is 5.75. The van der Waals surface area contributed by atoms with Crippen molar-refractivity contribution in [2.45, 2.75) is 23.7 Å². The van der Waals surface area contributed by atoms with E-state index in [9.17, 15) is 23.0 Å². The zero-order valence-electron chi connectivity index (χ0n) is 16.3. The number of ether oxygens (including phenoxy) is 2. The lowest BCUT2D eigenvalue weighted by molar-refractivity contribution is -0.0646.